The number of methoxy groups -OCH3 is 1. The molecule has 1 aliphatic carbocycles. The van der Waals surface area contributed by atoms with Crippen molar-refractivity contribution in [2.24, 2.45) is 13.0 Å². The molecule has 0 unspecified atom stereocenters. The molecule has 0 atom stereocenters. The number of rotatable bonds is 5. The summed E-state index contributed by atoms with van der Waals surface area (Å²) in [6, 6.07) is 5.88. The van der Waals surface area contributed by atoms with Gasteiger partial charge in [0.2, 0.25) is 0 Å². The van der Waals surface area contributed by atoms with Gasteiger partial charge in [-0.3, -0.25) is 4.79 Å². The van der Waals surface area contributed by atoms with Crippen LogP contribution in [0.3, 0.4) is 0 Å². The van der Waals surface area contributed by atoms with Gasteiger partial charge in [0.25, 0.3) is 5.91 Å². The third-order valence-corrected chi connectivity index (χ3v) is 6.97. The number of carbonyl (C=O) groups excluding carboxylic acids is 1. The number of aryl methyl sites for hydroxylation is 1. The van der Waals surface area contributed by atoms with Gasteiger partial charge in [-0.1, -0.05) is 0 Å². The predicted molar refractivity (Wildman–Crippen MR) is 126 cm³/mol. The highest BCUT2D eigenvalue weighted by Crippen LogP contribution is 2.37. The summed E-state index contributed by atoms with van der Waals surface area (Å²) in [6.07, 6.45) is 9.28. The number of aromatic nitrogens is 5. The van der Waals surface area contributed by atoms with Crippen LogP contribution in [0.25, 0.3) is 33.6 Å². The van der Waals surface area contributed by atoms with Crippen molar-refractivity contribution in [2.75, 3.05) is 20.2 Å². The van der Waals surface area contributed by atoms with Crippen molar-refractivity contribution in [3.8, 4) is 17.3 Å². The summed E-state index contributed by atoms with van der Waals surface area (Å²) in [5.74, 6) is 2.25. The minimum absolute atomic E-state index is 0.0558. The lowest BCUT2D eigenvalue weighted by atomic mass is 10.1. The van der Waals surface area contributed by atoms with E-state index in [1.807, 2.05) is 30.3 Å². The molecule has 3 aromatic heterocycles. The molecule has 0 N–H and O–H groups in total. The SMILES string of the molecule is COc1cc(C(=O)N2CCCCC2)cc2nc(-c3cc4cncnc4n3CC3CC3)n(C)c12. The van der Waals surface area contributed by atoms with Gasteiger partial charge in [0.1, 0.15) is 23.2 Å². The molecular formula is C25H28N6O2. The summed E-state index contributed by atoms with van der Waals surface area (Å²) in [4.78, 5) is 28.9. The highest BCUT2D eigenvalue weighted by atomic mass is 16.5. The normalized spacial score (nSPS) is 16.6. The Kier molecular flexibility index (Phi) is 4.81. The van der Waals surface area contributed by atoms with Gasteiger partial charge in [0, 0.05) is 43.8 Å². The molecule has 1 aromatic carbocycles. The Bertz CT molecular complexity index is 1360. The van der Waals surface area contributed by atoms with Crippen LogP contribution in [0, 0.1) is 5.92 Å². The average molecular weight is 445 g/mol. The quantitative estimate of drug-likeness (QED) is 0.464. The van der Waals surface area contributed by atoms with Crippen LogP contribution in [0.2, 0.25) is 0 Å². The number of carbonyl (C=O) groups is 1. The zero-order valence-corrected chi connectivity index (χ0v) is 19.1. The highest BCUT2D eigenvalue weighted by molar-refractivity contribution is 6.00. The Morgan fingerprint density at radius 3 is 2.73 bits per heavy atom. The molecule has 1 amide bonds. The molecule has 33 heavy (non-hydrogen) atoms. The van der Waals surface area contributed by atoms with E-state index >= 15 is 0 Å². The Morgan fingerprint density at radius 1 is 1.15 bits per heavy atom. The van der Waals surface area contributed by atoms with Crippen LogP contribution >= 0.6 is 0 Å². The molecule has 4 heterocycles. The molecule has 170 valence electrons. The summed E-state index contributed by atoms with van der Waals surface area (Å²) in [7, 11) is 3.65. The summed E-state index contributed by atoms with van der Waals surface area (Å²) in [5, 5.41) is 1.01. The number of fused-ring (bicyclic) bond motifs is 2. The monoisotopic (exact) mass is 444 g/mol. The molecule has 2 fully saturated rings. The Labute approximate surface area is 192 Å². The van der Waals surface area contributed by atoms with Crippen LogP contribution < -0.4 is 4.74 Å². The molecule has 0 radical (unpaired) electrons. The second kappa shape index (κ2) is 7.86. The summed E-state index contributed by atoms with van der Waals surface area (Å²) in [5.41, 5.74) is 4.24. The smallest absolute Gasteiger partial charge is 0.254 e. The third-order valence-electron chi connectivity index (χ3n) is 6.97. The van der Waals surface area contributed by atoms with Gasteiger partial charge >= 0.3 is 0 Å². The molecule has 8 heteroatoms. The van der Waals surface area contributed by atoms with Gasteiger partial charge < -0.3 is 18.8 Å². The Morgan fingerprint density at radius 2 is 1.97 bits per heavy atom. The van der Waals surface area contributed by atoms with E-state index in [1.165, 1.54) is 19.3 Å². The fourth-order valence-electron chi connectivity index (χ4n) is 5.03. The van der Waals surface area contributed by atoms with E-state index in [4.69, 9.17) is 9.72 Å². The van der Waals surface area contributed by atoms with Crippen LogP contribution in [0.15, 0.2) is 30.7 Å². The van der Waals surface area contributed by atoms with Crippen LogP contribution in [-0.2, 0) is 13.6 Å². The Balaban J connectivity index is 1.49. The summed E-state index contributed by atoms with van der Waals surface area (Å²) < 4.78 is 10.1. The van der Waals surface area contributed by atoms with E-state index < -0.39 is 0 Å². The maximum atomic E-state index is 13.2. The zero-order chi connectivity index (χ0) is 22.5. The van der Waals surface area contributed by atoms with Crippen molar-refractivity contribution in [3.05, 3.63) is 36.3 Å². The second-order valence-electron chi connectivity index (χ2n) is 9.28. The number of hydrogen-bond acceptors (Lipinski definition) is 5. The number of benzene rings is 1. The van der Waals surface area contributed by atoms with Gasteiger partial charge in [-0.15, -0.1) is 0 Å². The Hall–Kier alpha value is -3.42. The molecule has 2 aliphatic rings. The topological polar surface area (TPSA) is 78.1 Å². The van der Waals surface area contributed by atoms with Gasteiger partial charge in [-0.05, 0) is 56.2 Å². The summed E-state index contributed by atoms with van der Waals surface area (Å²) >= 11 is 0. The fraction of sp³-hybridized carbons (Fsp3) is 0.440. The van der Waals surface area contributed by atoms with Crippen molar-refractivity contribution in [3.63, 3.8) is 0 Å². The van der Waals surface area contributed by atoms with E-state index in [-0.39, 0.29) is 5.91 Å². The lowest BCUT2D eigenvalue weighted by Gasteiger charge is -2.26. The minimum Gasteiger partial charge on any atom is -0.494 e. The number of hydrogen-bond donors (Lipinski definition) is 0. The number of ether oxygens (including phenoxy) is 1. The first kappa shape index (κ1) is 20.2. The zero-order valence-electron chi connectivity index (χ0n) is 19.1. The van der Waals surface area contributed by atoms with Gasteiger partial charge in [0.15, 0.2) is 5.82 Å². The van der Waals surface area contributed by atoms with Gasteiger partial charge in [-0.25, -0.2) is 15.0 Å². The number of amides is 1. The van der Waals surface area contributed by atoms with E-state index in [1.54, 1.807) is 13.4 Å². The molecule has 0 bridgehead atoms. The van der Waals surface area contributed by atoms with Gasteiger partial charge in [-0.2, -0.15) is 0 Å². The number of nitrogens with zero attached hydrogens (tertiary/aromatic N) is 6. The molecule has 4 aromatic rings. The highest BCUT2D eigenvalue weighted by Gasteiger charge is 2.27. The maximum Gasteiger partial charge on any atom is 0.254 e. The van der Waals surface area contributed by atoms with Crippen molar-refractivity contribution in [1.82, 2.24) is 29.0 Å². The standard InChI is InChI=1S/C25H28N6O2/c1-29-22-19(10-17(12-21(22)33-2)25(32)30-8-4-3-5-9-30)28-24(29)20-11-18-13-26-15-27-23(18)31(20)14-16-6-7-16/h10-13,15-16H,3-9,14H2,1-2H3. The number of piperidine rings is 1. The first-order valence-corrected chi connectivity index (χ1v) is 11.8. The van der Waals surface area contributed by atoms with Crippen LogP contribution in [-0.4, -0.2) is 55.1 Å². The second-order valence-corrected chi connectivity index (χ2v) is 9.28. The molecule has 8 nitrogen and oxygen atoms in total. The molecule has 6 rings (SSSR count). The van der Waals surface area contributed by atoms with E-state index in [2.05, 4.69) is 25.2 Å². The van der Waals surface area contributed by atoms with Crippen molar-refractivity contribution in [1.29, 1.82) is 0 Å². The molecule has 0 spiro atoms. The van der Waals surface area contributed by atoms with Crippen molar-refractivity contribution in [2.45, 2.75) is 38.6 Å². The van der Waals surface area contributed by atoms with Crippen molar-refractivity contribution < 1.29 is 9.53 Å². The molecule has 1 aliphatic heterocycles. The minimum atomic E-state index is 0.0558. The fourth-order valence-corrected chi connectivity index (χ4v) is 5.03. The molecule has 1 saturated heterocycles. The third kappa shape index (κ3) is 3.44. The van der Waals surface area contributed by atoms with E-state index in [0.717, 1.165) is 66.1 Å². The number of likely N-dealkylation sites (tertiary alicyclic amines) is 1. The maximum absolute atomic E-state index is 13.2. The lowest BCUT2D eigenvalue weighted by molar-refractivity contribution is 0.0724. The molecule has 1 saturated carbocycles. The van der Waals surface area contributed by atoms with Crippen LogP contribution in [0.5, 0.6) is 5.75 Å². The first-order valence-electron chi connectivity index (χ1n) is 11.8. The van der Waals surface area contributed by atoms with E-state index in [9.17, 15) is 4.79 Å². The average Bonchev–Trinajstić information content (AvgIpc) is 3.52. The largest absolute Gasteiger partial charge is 0.494 e. The van der Waals surface area contributed by atoms with E-state index in [0.29, 0.717) is 17.2 Å². The lowest BCUT2D eigenvalue weighted by Crippen LogP contribution is -2.35. The molecular weight excluding hydrogens is 416 g/mol. The van der Waals surface area contributed by atoms with Crippen LogP contribution in [0.1, 0.15) is 42.5 Å². The van der Waals surface area contributed by atoms with Crippen molar-refractivity contribution >= 4 is 28.0 Å². The van der Waals surface area contributed by atoms with Crippen LogP contribution in [0.4, 0.5) is 0 Å². The summed E-state index contributed by atoms with van der Waals surface area (Å²) in [6.45, 7) is 2.55. The number of imidazole rings is 1. The van der Waals surface area contributed by atoms with Gasteiger partial charge in [0.05, 0.1) is 18.3 Å². The predicted octanol–water partition coefficient (Wildman–Crippen LogP) is 4.03. The first-order chi connectivity index (χ1) is 16.1.